The second kappa shape index (κ2) is 12.0. The molecule has 2 aliphatic rings. The highest BCUT2D eigenvalue weighted by Crippen LogP contribution is 2.51. The van der Waals surface area contributed by atoms with Crippen LogP contribution in [0.2, 0.25) is 0 Å². The van der Waals surface area contributed by atoms with E-state index in [-0.39, 0.29) is 37.4 Å². The highest BCUT2D eigenvalue weighted by atomic mass is 16.5. The number of nitrogens with zero attached hydrogens (tertiary/aromatic N) is 1. The van der Waals surface area contributed by atoms with Crippen LogP contribution in [0.25, 0.3) is 0 Å². The summed E-state index contributed by atoms with van der Waals surface area (Å²) in [6.45, 7) is 6.21. The molecule has 1 aromatic heterocycles. The molecule has 182 valence electrons. The second-order valence-corrected chi connectivity index (χ2v) is 8.71. The standard InChI is InChI=1S/C25H36N2O6/c1-3-5-13-31-14-8-12-26-22(28)16-19-17-25(24(30)32-4-2)11-6-10-21(25)27(23(19)29)18-20-9-7-15-33-20/h7,9-10,15,19H,3-6,8,11-14,16-18H2,1-2H3,(H,26,28)/t19-,25+/m1/s1. The van der Waals surface area contributed by atoms with Crippen LogP contribution in [0.3, 0.4) is 0 Å². The molecule has 8 heteroatoms. The van der Waals surface area contributed by atoms with Crippen molar-refractivity contribution in [2.24, 2.45) is 11.3 Å². The highest BCUT2D eigenvalue weighted by molar-refractivity contribution is 5.92. The van der Waals surface area contributed by atoms with Gasteiger partial charge in [0.25, 0.3) is 0 Å². The molecule has 2 amide bonds. The quantitative estimate of drug-likeness (QED) is 0.357. The molecule has 0 saturated carbocycles. The smallest absolute Gasteiger partial charge is 0.318 e. The van der Waals surface area contributed by atoms with Crippen LogP contribution in [-0.4, -0.2) is 49.0 Å². The van der Waals surface area contributed by atoms with Crippen LogP contribution in [0.4, 0.5) is 0 Å². The molecular formula is C25H36N2O6. The first-order valence-corrected chi connectivity index (χ1v) is 12.1. The van der Waals surface area contributed by atoms with Gasteiger partial charge in [-0.3, -0.25) is 14.4 Å². The number of piperidine rings is 1. The van der Waals surface area contributed by atoms with Crippen LogP contribution in [0, 0.1) is 11.3 Å². The summed E-state index contributed by atoms with van der Waals surface area (Å²) in [6.07, 6.45) is 7.95. The lowest BCUT2D eigenvalue weighted by molar-refractivity contribution is -0.161. The number of esters is 1. The summed E-state index contributed by atoms with van der Waals surface area (Å²) in [5, 5.41) is 2.89. The molecule has 0 radical (unpaired) electrons. The molecule has 0 bridgehead atoms. The number of hydrogen-bond acceptors (Lipinski definition) is 6. The second-order valence-electron chi connectivity index (χ2n) is 8.71. The van der Waals surface area contributed by atoms with Gasteiger partial charge in [0.2, 0.25) is 11.8 Å². The number of nitrogens with one attached hydrogen (secondary N) is 1. The van der Waals surface area contributed by atoms with Gasteiger partial charge in [-0.05, 0) is 51.2 Å². The van der Waals surface area contributed by atoms with Crippen molar-refractivity contribution in [2.45, 2.75) is 65.3 Å². The summed E-state index contributed by atoms with van der Waals surface area (Å²) in [4.78, 5) is 40.7. The summed E-state index contributed by atoms with van der Waals surface area (Å²) < 4.78 is 16.4. The molecule has 0 unspecified atom stereocenters. The molecular weight excluding hydrogens is 424 g/mol. The number of carbonyl (C=O) groups excluding carboxylic acids is 3. The third-order valence-electron chi connectivity index (χ3n) is 6.32. The van der Waals surface area contributed by atoms with Crippen LogP contribution in [0.15, 0.2) is 34.6 Å². The van der Waals surface area contributed by atoms with E-state index in [1.807, 2.05) is 6.08 Å². The van der Waals surface area contributed by atoms with E-state index in [1.54, 1.807) is 30.2 Å². The zero-order valence-electron chi connectivity index (χ0n) is 19.8. The molecule has 1 aromatic rings. The van der Waals surface area contributed by atoms with Gasteiger partial charge in [0.1, 0.15) is 11.2 Å². The minimum atomic E-state index is -0.894. The van der Waals surface area contributed by atoms with Crippen molar-refractivity contribution in [3.63, 3.8) is 0 Å². The predicted molar refractivity (Wildman–Crippen MR) is 122 cm³/mol. The van der Waals surface area contributed by atoms with Gasteiger partial charge in [-0.2, -0.15) is 0 Å². The molecule has 1 fully saturated rings. The van der Waals surface area contributed by atoms with Gasteiger partial charge in [0, 0.05) is 37.8 Å². The maximum atomic E-state index is 13.4. The summed E-state index contributed by atoms with van der Waals surface area (Å²) in [5.74, 6) is -0.635. The van der Waals surface area contributed by atoms with Crippen molar-refractivity contribution in [3.05, 3.63) is 35.9 Å². The fourth-order valence-corrected chi connectivity index (χ4v) is 4.69. The van der Waals surface area contributed by atoms with E-state index < -0.39 is 11.3 Å². The van der Waals surface area contributed by atoms with E-state index >= 15 is 0 Å². The molecule has 1 aliphatic carbocycles. The summed E-state index contributed by atoms with van der Waals surface area (Å²) in [7, 11) is 0. The molecule has 1 N–H and O–H groups in total. The number of ether oxygens (including phenoxy) is 2. The highest BCUT2D eigenvalue weighted by Gasteiger charge is 2.55. The van der Waals surface area contributed by atoms with Crippen molar-refractivity contribution in [1.82, 2.24) is 10.2 Å². The van der Waals surface area contributed by atoms with Crippen molar-refractivity contribution < 1.29 is 28.3 Å². The van der Waals surface area contributed by atoms with Crippen molar-refractivity contribution in [2.75, 3.05) is 26.4 Å². The fourth-order valence-electron chi connectivity index (χ4n) is 4.69. The Bertz CT molecular complexity index is 834. The molecule has 1 aliphatic heterocycles. The Kier molecular flexibility index (Phi) is 9.11. The van der Waals surface area contributed by atoms with E-state index in [9.17, 15) is 14.4 Å². The minimum absolute atomic E-state index is 0.0403. The van der Waals surface area contributed by atoms with E-state index in [4.69, 9.17) is 13.9 Å². The number of hydrogen-bond donors (Lipinski definition) is 1. The number of amides is 2. The number of carbonyl (C=O) groups is 3. The van der Waals surface area contributed by atoms with Crippen LogP contribution in [-0.2, 0) is 30.4 Å². The number of furan rings is 1. The topological polar surface area (TPSA) is 98.1 Å². The largest absolute Gasteiger partial charge is 0.467 e. The molecule has 0 spiro atoms. The molecule has 1 saturated heterocycles. The Morgan fingerprint density at radius 2 is 2.09 bits per heavy atom. The predicted octanol–water partition coefficient (Wildman–Crippen LogP) is 3.57. The van der Waals surface area contributed by atoms with Crippen LogP contribution < -0.4 is 5.32 Å². The SMILES string of the molecule is CCCCOCCCNC(=O)C[C@@H]1C[C@@]2(C(=O)OCC)CCC=C2N(Cc2ccco2)C1=O. The van der Waals surface area contributed by atoms with Crippen LogP contribution in [0.5, 0.6) is 0 Å². The Hall–Kier alpha value is -2.61. The number of rotatable bonds is 13. The Labute approximate surface area is 195 Å². The van der Waals surface area contributed by atoms with Crippen LogP contribution >= 0.6 is 0 Å². The zero-order chi connectivity index (χ0) is 23.7. The minimum Gasteiger partial charge on any atom is -0.467 e. The molecule has 2 heterocycles. The van der Waals surface area contributed by atoms with Gasteiger partial charge in [0.15, 0.2) is 0 Å². The van der Waals surface area contributed by atoms with E-state index in [0.717, 1.165) is 25.9 Å². The number of unbranched alkanes of at least 4 members (excludes halogenated alkanes) is 1. The first-order chi connectivity index (χ1) is 16.0. The normalized spacial score (nSPS) is 22.1. The lowest BCUT2D eigenvalue weighted by Gasteiger charge is -2.43. The Balaban J connectivity index is 1.66. The Morgan fingerprint density at radius 3 is 2.82 bits per heavy atom. The lowest BCUT2D eigenvalue weighted by Crippen LogP contribution is -2.52. The Morgan fingerprint density at radius 1 is 1.27 bits per heavy atom. The molecule has 8 nitrogen and oxygen atoms in total. The van der Waals surface area contributed by atoms with Gasteiger partial charge in [0.05, 0.1) is 19.4 Å². The van der Waals surface area contributed by atoms with Gasteiger partial charge in [-0.15, -0.1) is 0 Å². The molecule has 2 atom stereocenters. The molecule has 33 heavy (non-hydrogen) atoms. The molecule has 3 rings (SSSR count). The summed E-state index contributed by atoms with van der Waals surface area (Å²) in [6, 6.07) is 3.57. The maximum Gasteiger partial charge on any atom is 0.318 e. The van der Waals surface area contributed by atoms with Gasteiger partial charge >= 0.3 is 5.97 Å². The van der Waals surface area contributed by atoms with Crippen molar-refractivity contribution in [3.8, 4) is 0 Å². The van der Waals surface area contributed by atoms with E-state index in [0.29, 0.717) is 43.9 Å². The van der Waals surface area contributed by atoms with E-state index in [1.165, 1.54) is 0 Å². The van der Waals surface area contributed by atoms with Gasteiger partial charge in [-0.25, -0.2) is 0 Å². The first-order valence-electron chi connectivity index (χ1n) is 12.1. The maximum absolute atomic E-state index is 13.4. The van der Waals surface area contributed by atoms with Crippen LogP contribution in [0.1, 0.15) is 64.6 Å². The summed E-state index contributed by atoms with van der Waals surface area (Å²) in [5.41, 5.74) is -0.211. The van der Waals surface area contributed by atoms with Crippen molar-refractivity contribution >= 4 is 17.8 Å². The number of likely N-dealkylation sites (tertiary alicyclic amines) is 1. The van der Waals surface area contributed by atoms with E-state index in [2.05, 4.69) is 12.2 Å². The monoisotopic (exact) mass is 460 g/mol. The van der Waals surface area contributed by atoms with Gasteiger partial charge < -0.3 is 24.1 Å². The average Bonchev–Trinajstić information content (AvgIpc) is 3.46. The molecule has 0 aromatic carbocycles. The zero-order valence-corrected chi connectivity index (χ0v) is 19.8. The average molecular weight is 461 g/mol. The van der Waals surface area contributed by atoms with Gasteiger partial charge in [-0.1, -0.05) is 19.4 Å². The third kappa shape index (κ3) is 6.05. The summed E-state index contributed by atoms with van der Waals surface area (Å²) >= 11 is 0. The number of fused-ring (bicyclic) bond motifs is 1. The number of allylic oxidation sites excluding steroid dienone is 1. The fraction of sp³-hybridized carbons (Fsp3) is 0.640. The first kappa shape index (κ1) is 25.0. The lowest BCUT2D eigenvalue weighted by atomic mass is 9.71. The van der Waals surface area contributed by atoms with Crippen molar-refractivity contribution in [1.29, 1.82) is 0 Å². The third-order valence-corrected chi connectivity index (χ3v) is 6.32.